The van der Waals surface area contributed by atoms with Gasteiger partial charge in [0.05, 0.1) is 17.6 Å². The number of ether oxygens (including phenoxy) is 1. The van der Waals surface area contributed by atoms with Gasteiger partial charge >= 0.3 is 0 Å². The molecule has 0 bridgehead atoms. The summed E-state index contributed by atoms with van der Waals surface area (Å²) in [6, 6.07) is 1.13. The van der Waals surface area contributed by atoms with E-state index in [-0.39, 0.29) is 22.6 Å². The number of nitrogens with zero attached hydrogens (tertiary/aromatic N) is 1. The number of rotatable bonds is 5. The second-order valence-corrected chi connectivity index (χ2v) is 6.92. The molecule has 118 valence electrons. The van der Waals surface area contributed by atoms with Crippen molar-refractivity contribution in [2.75, 3.05) is 32.8 Å². The van der Waals surface area contributed by atoms with Gasteiger partial charge < -0.3 is 9.72 Å². The predicted octanol–water partition coefficient (Wildman–Crippen LogP) is 0.0273. The van der Waals surface area contributed by atoms with E-state index in [0.29, 0.717) is 13.2 Å². The van der Waals surface area contributed by atoms with Crippen LogP contribution in [-0.4, -0.2) is 57.2 Å². The summed E-state index contributed by atoms with van der Waals surface area (Å²) in [5.74, 6) is 0. The highest BCUT2D eigenvalue weighted by Gasteiger charge is 2.22. The number of nitrogens with one attached hydrogen (secondary N) is 2. The molecule has 1 aromatic heterocycles. The maximum atomic E-state index is 12.1. The fraction of sp³-hybridized carbons (Fsp3) is 0.583. The minimum atomic E-state index is -3.73. The second kappa shape index (κ2) is 6.89. The van der Waals surface area contributed by atoms with Crippen LogP contribution in [0.4, 0.5) is 0 Å². The molecule has 21 heavy (non-hydrogen) atoms. The zero-order chi connectivity index (χ0) is 15.5. The van der Waals surface area contributed by atoms with E-state index < -0.39 is 15.6 Å². The molecule has 0 radical (unpaired) electrons. The maximum Gasteiger partial charge on any atom is 0.266 e. The number of likely N-dealkylation sites (N-methyl/N-ethyl adjacent to an activating group) is 1. The largest absolute Gasteiger partial charge is 0.374 e. The van der Waals surface area contributed by atoms with Crippen molar-refractivity contribution in [3.63, 3.8) is 0 Å². The summed E-state index contributed by atoms with van der Waals surface area (Å²) in [6.45, 7) is 5.26. The van der Waals surface area contributed by atoms with E-state index in [2.05, 4.69) is 21.5 Å². The number of H-pyrrole nitrogens is 1. The second-order valence-electron chi connectivity index (χ2n) is 4.75. The van der Waals surface area contributed by atoms with Crippen molar-refractivity contribution in [2.45, 2.75) is 17.9 Å². The van der Waals surface area contributed by atoms with Crippen LogP contribution in [0.15, 0.2) is 22.0 Å². The van der Waals surface area contributed by atoms with Crippen LogP contribution in [-0.2, 0) is 14.8 Å². The summed E-state index contributed by atoms with van der Waals surface area (Å²) >= 11 is 5.64. The van der Waals surface area contributed by atoms with Crippen LogP contribution in [0.5, 0.6) is 0 Å². The number of aromatic nitrogens is 1. The Morgan fingerprint density at radius 3 is 3.00 bits per heavy atom. The normalized spacial score (nSPS) is 20.6. The topological polar surface area (TPSA) is 91.5 Å². The van der Waals surface area contributed by atoms with Gasteiger partial charge in [-0.2, -0.15) is 0 Å². The molecule has 1 aliphatic rings. The SMILES string of the molecule is CCN1CCOC(CNS(=O)(=O)c2c[nH]c(=O)c(Cl)c2)C1. The molecule has 0 amide bonds. The fourth-order valence-corrected chi connectivity index (χ4v) is 3.37. The lowest BCUT2D eigenvalue weighted by Gasteiger charge is -2.32. The van der Waals surface area contributed by atoms with Crippen molar-refractivity contribution in [2.24, 2.45) is 0 Å². The molecule has 1 saturated heterocycles. The van der Waals surface area contributed by atoms with Crippen molar-refractivity contribution in [3.05, 3.63) is 27.6 Å². The van der Waals surface area contributed by atoms with Gasteiger partial charge in [0.25, 0.3) is 5.56 Å². The van der Waals surface area contributed by atoms with Crippen molar-refractivity contribution < 1.29 is 13.2 Å². The summed E-state index contributed by atoms with van der Waals surface area (Å²) in [5.41, 5.74) is -0.523. The van der Waals surface area contributed by atoms with Gasteiger partial charge in [0, 0.05) is 25.8 Å². The van der Waals surface area contributed by atoms with E-state index in [0.717, 1.165) is 25.4 Å². The summed E-state index contributed by atoms with van der Waals surface area (Å²) in [7, 11) is -3.73. The molecular formula is C12H18ClN3O4S. The van der Waals surface area contributed by atoms with Gasteiger partial charge in [-0.05, 0) is 12.6 Å². The van der Waals surface area contributed by atoms with E-state index in [1.165, 1.54) is 0 Å². The Morgan fingerprint density at radius 1 is 1.57 bits per heavy atom. The average Bonchev–Trinajstić information content (AvgIpc) is 2.48. The molecular weight excluding hydrogens is 318 g/mol. The van der Waals surface area contributed by atoms with Gasteiger partial charge in [-0.3, -0.25) is 9.69 Å². The Hall–Kier alpha value is -0.930. The van der Waals surface area contributed by atoms with Crippen LogP contribution < -0.4 is 10.3 Å². The first-order chi connectivity index (χ1) is 9.92. The van der Waals surface area contributed by atoms with E-state index in [1.54, 1.807) is 0 Å². The van der Waals surface area contributed by atoms with Gasteiger partial charge in [-0.1, -0.05) is 18.5 Å². The number of pyridine rings is 1. The molecule has 0 spiro atoms. The van der Waals surface area contributed by atoms with Gasteiger partial charge in [-0.15, -0.1) is 0 Å². The summed E-state index contributed by atoms with van der Waals surface area (Å²) in [6.07, 6.45) is 0.933. The zero-order valence-corrected chi connectivity index (χ0v) is 13.2. The lowest BCUT2D eigenvalue weighted by atomic mass is 10.3. The number of hydrogen-bond donors (Lipinski definition) is 2. The third-order valence-corrected chi connectivity index (χ3v) is 5.00. The Labute approximate surface area is 128 Å². The molecule has 1 fully saturated rings. The fourth-order valence-electron chi connectivity index (χ4n) is 2.07. The molecule has 1 atom stereocenters. The monoisotopic (exact) mass is 335 g/mol. The van der Waals surface area contributed by atoms with Crippen LogP contribution in [0.3, 0.4) is 0 Å². The van der Waals surface area contributed by atoms with Gasteiger partial charge in [0.1, 0.15) is 5.02 Å². The quantitative estimate of drug-likeness (QED) is 0.792. The molecule has 2 N–H and O–H groups in total. The lowest BCUT2D eigenvalue weighted by Crippen LogP contribution is -2.47. The van der Waals surface area contributed by atoms with Crippen molar-refractivity contribution in [3.8, 4) is 0 Å². The molecule has 2 rings (SSSR count). The van der Waals surface area contributed by atoms with Crippen molar-refractivity contribution in [1.82, 2.24) is 14.6 Å². The number of sulfonamides is 1. The Kier molecular flexibility index (Phi) is 5.39. The summed E-state index contributed by atoms with van der Waals surface area (Å²) < 4.78 is 32.3. The van der Waals surface area contributed by atoms with Gasteiger partial charge in [-0.25, -0.2) is 13.1 Å². The van der Waals surface area contributed by atoms with Crippen LogP contribution in [0.1, 0.15) is 6.92 Å². The van der Waals surface area contributed by atoms with Crippen LogP contribution in [0.2, 0.25) is 5.02 Å². The molecule has 1 unspecified atom stereocenters. The summed E-state index contributed by atoms with van der Waals surface area (Å²) in [5, 5.41) is -0.163. The minimum Gasteiger partial charge on any atom is -0.374 e. The molecule has 0 saturated carbocycles. The molecule has 1 aliphatic heterocycles. The molecule has 1 aromatic rings. The predicted molar refractivity (Wildman–Crippen MR) is 79.1 cm³/mol. The van der Waals surface area contributed by atoms with Gasteiger partial charge in [0.15, 0.2) is 0 Å². The van der Waals surface area contributed by atoms with Gasteiger partial charge in [0.2, 0.25) is 10.0 Å². The van der Waals surface area contributed by atoms with E-state index >= 15 is 0 Å². The molecule has 9 heteroatoms. The third kappa shape index (κ3) is 4.27. The van der Waals surface area contributed by atoms with E-state index in [9.17, 15) is 13.2 Å². The first kappa shape index (κ1) is 16.4. The Morgan fingerprint density at radius 2 is 2.33 bits per heavy atom. The number of morpholine rings is 1. The highest BCUT2D eigenvalue weighted by atomic mass is 35.5. The average molecular weight is 336 g/mol. The Balaban J connectivity index is 2.01. The highest BCUT2D eigenvalue weighted by molar-refractivity contribution is 7.89. The first-order valence-electron chi connectivity index (χ1n) is 6.64. The smallest absolute Gasteiger partial charge is 0.266 e. The third-order valence-electron chi connectivity index (χ3n) is 3.31. The van der Waals surface area contributed by atoms with E-state index in [4.69, 9.17) is 16.3 Å². The molecule has 2 heterocycles. The maximum absolute atomic E-state index is 12.1. The van der Waals surface area contributed by atoms with E-state index in [1.807, 2.05) is 0 Å². The van der Waals surface area contributed by atoms with Crippen LogP contribution in [0.25, 0.3) is 0 Å². The first-order valence-corrected chi connectivity index (χ1v) is 8.50. The number of halogens is 1. The molecule has 0 aliphatic carbocycles. The standard InChI is InChI=1S/C12H18ClN3O4S/c1-2-16-3-4-20-9(8-16)6-15-21(18,19)10-5-11(13)12(17)14-7-10/h5,7,9,15H,2-4,6,8H2,1H3,(H,14,17). The lowest BCUT2D eigenvalue weighted by molar-refractivity contribution is -0.0229. The Bertz CT molecular complexity index is 646. The zero-order valence-electron chi connectivity index (χ0n) is 11.6. The number of hydrogen-bond acceptors (Lipinski definition) is 5. The van der Waals surface area contributed by atoms with Crippen molar-refractivity contribution in [1.29, 1.82) is 0 Å². The summed E-state index contributed by atoms with van der Waals surface area (Å²) in [4.78, 5) is 15.5. The van der Waals surface area contributed by atoms with Crippen LogP contribution in [0, 0.1) is 0 Å². The minimum absolute atomic E-state index is 0.0738. The molecule has 7 nitrogen and oxygen atoms in total. The highest BCUT2D eigenvalue weighted by Crippen LogP contribution is 2.11. The molecule has 0 aromatic carbocycles. The van der Waals surface area contributed by atoms with Crippen molar-refractivity contribution >= 4 is 21.6 Å². The number of aromatic amines is 1. The van der Waals surface area contributed by atoms with Crippen LogP contribution >= 0.6 is 11.6 Å².